The molecular formula is C16H13ClO4S2. The summed E-state index contributed by atoms with van der Waals surface area (Å²) in [4.78, 5) is 2.78. The summed E-state index contributed by atoms with van der Waals surface area (Å²) in [5.41, 5.74) is 4.03. The fourth-order valence-electron chi connectivity index (χ4n) is 2.02. The van der Waals surface area contributed by atoms with Gasteiger partial charge in [-0.25, -0.2) is 18.6 Å². The largest absolute Gasteiger partial charge is 0.301 e. The number of rotatable bonds is 2. The number of hydrogen-bond acceptors (Lipinski definition) is 5. The molecular weight excluding hydrogens is 356 g/mol. The Bertz CT molecular complexity index is 677. The van der Waals surface area contributed by atoms with Gasteiger partial charge in [0.05, 0.1) is 0 Å². The van der Waals surface area contributed by atoms with Gasteiger partial charge in [-0.15, -0.1) is 10.2 Å². The fourth-order valence-corrected chi connectivity index (χ4v) is 5.00. The molecule has 23 heavy (non-hydrogen) atoms. The molecule has 2 aromatic carbocycles. The highest BCUT2D eigenvalue weighted by atomic mass is 35.7. The summed E-state index contributed by atoms with van der Waals surface area (Å²) >= 11 is 0. The minimum absolute atomic E-state index is 1.32. The van der Waals surface area contributed by atoms with Crippen LogP contribution in [0.15, 0.2) is 60.7 Å². The van der Waals surface area contributed by atoms with Gasteiger partial charge in [0.1, 0.15) is 4.88 Å². The lowest BCUT2D eigenvalue weighted by Crippen LogP contribution is -2.68. The molecule has 0 aliphatic rings. The Labute approximate surface area is 143 Å². The van der Waals surface area contributed by atoms with Crippen molar-refractivity contribution < 1.29 is 28.9 Å². The van der Waals surface area contributed by atoms with Crippen molar-refractivity contribution in [2.45, 2.75) is 6.92 Å². The lowest BCUT2D eigenvalue weighted by Gasteiger charge is -2.17. The molecule has 0 unspecified atom stereocenters. The summed E-state index contributed by atoms with van der Waals surface area (Å²) in [6.45, 7) is 2.22. The first-order chi connectivity index (χ1) is 10.9. The lowest BCUT2D eigenvalue weighted by molar-refractivity contribution is -2.00. The zero-order valence-electron chi connectivity index (χ0n) is 12.1. The van der Waals surface area contributed by atoms with E-state index in [0.717, 1.165) is 0 Å². The first kappa shape index (κ1) is 18.0. The van der Waals surface area contributed by atoms with Gasteiger partial charge in [-0.3, -0.25) is 0 Å². The standard InChI is InChI=1S/C16H13S2.ClHO4/c1-12-15(13-8-4-2-5-9-13)17-18-16(12)14-10-6-3-7-11-14;2-1(3,4)5/h2-11H,1H3;(H,2,3,4,5)/q+1;/p-1. The third-order valence-corrected chi connectivity index (χ3v) is 5.71. The van der Waals surface area contributed by atoms with Crippen LogP contribution >= 0.6 is 20.7 Å². The topological polar surface area (TPSA) is 92.2 Å². The summed E-state index contributed by atoms with van der Waals surface area (Å²) < 4.78 is 34.0. The molecule has 0 N–H and O–H groups in total. The highest BCUT2D eigenvalue weighted by Crippen LogP contribution is 2.41. The van der Waals surface area contributed by atoms with E-state index in [1.165, 1.54) is 26.4 Å². The van der Waals surface area contributed by atoms with Gasteiger partial charge in [0.2, 0.25) is 0 Å². The second kappa shape index (κ2) is 7.94. The number of halogens is 1. The van der Waals surface area contributed by atoms with Crippen molar-refractivity contribution in [2.24, 2.45) is 0 Å². The van der Waals surface area contributed by atoms with Gasteiger partial charge in [0.25, 0.3) is 4.88 Å². The molecule has 0 aliphatic heterocycles. The number of hydrogen-bond donors (Lipinski definition) is 0. The highest BCUT2D eigenvalue weighted by Gasteiger charge is 2.22. The molecule has 4 nitrogen and oxygen atoms in total. The van der Waals surface area contributed by atoms with Crippen LogP contribution in [-0.4, -0.2) is 0 Å². The summed E-state index contributed by atoms with van der Waals surface area (Å²) in [6, 6.07) is 21.2. The molecule has 0 bridgehead atoms. The Balaban J connectivity index is 0.000000338. The molecule has 1 aromatic heterocycles. The van der Waals surface area contributed by atoms with E-state index in [9.17, 15) is 0 Å². The maximum atomic E-state index is 8.49. The Morgan fingerprint density at radius 2 is 1.22 bits per heavy atom. The SMILES string of the molecule is Cc1c(-c2ccccc2)s[s+]c1-c1ccccc1.[O-][Cl+3]([O-])([O-])[O-]. The van der Waals surface area contributed by atoms with Crippen molar-refractivity contribution >= 4 is 20.7 Å². The van der Waals surface area contributed by atoms with Gasteiger partial charge in [-0.1, -0.05) is 48.5 Å². The minimum atomic E-state index is -4.94. The molecule has 120 valence electrons. The predicted octanol–water partition coefficient (Wildman–Crippen LogP) is 0.977. The van der Waals surface area contributed by atoms with E-state index in [0.29, 0.717) is 0 Å². The van der Waals surface area contributed by atoms with Crippen LogP contribution in [0.2, 0.25) is 0 Å². The Morgan fingerprint density at radius 3 is 1.70 bits per heavy atom. The predicted molar refractivity (Wildman–Crippen MR) is 82.2 cm³/mol. The fraction of sp³-hybridized carbons (Fsp3) is 0.0625. The van der Waals surface area contributed by atoms with E-state index in [2.05, 4.69) is 67.6 Å². The second-order valence-corrected chi connectivity index (χ2v) is 7.47. The molecule has 0 amide bonds. The average Bonchev–Trinajstić information content (AvgIpc) is 2.89. The molecule has 1 heterocycles. The minimum Gasteiger partial charge on any atom is -0.222 e. The summed E-state index contributed by atoms with van der Waals surface area (Å²) in [5.74, 6) is 0. The zero-order valence-corrected chi connectivity index (χ0v) is 14.5. The first-order valence-corrected chi connectivity index (χ1v) is 9.90. The van der Waals surface area contributed by atoms with Crippen molar-refractivity contribution in [1.29, 1.82) is 0 Å². The summed E-state index contributed by atoms with van der Waals surface area (Å²) in [7, 11) is -1.21. The van der Waals surface area contributed by atoms with Crippen LogP contribution in [0.25, 0.3) is 20.9 Å². The average molecular weight is 369 g/mol. The second-order valence-electron chi connectivity index (χ2n) is 4.56. The molecule has 3 aromatic rings. The zero-order chi connectivity index (χ0) is 16.9. The monoisotopic (exact) mass is 368 g/mol. The third kappa shape index (κ3) is 5.63. The molecule has 0 saturated heterocycles. The van der Waals surface area contributed by atoms with Crippen molar-refractivity contribution in [3.05, 3.63) is 66.2 Å². The van der Waals surface area contributed by atoms with Crippen molar-refractivity contribution in [2.75, 3.05) is 0 Å². The van der Waals surface area contributed by atoms with Crippen LogP contribution < -0.4 is 18.6 Å². The molecule has 0 radical (unpaired) electrons. The van der Waals surface area contributed by atoms with E-state index in [1.807, 2.05) is 20.7 Å². The third-order valence-electron chi connectivity index (χ3n) is 2.96. The van der Waals surface area contributed by atoms with Crippen LogP contribution in [0.5, 0.6) is 0 Å². The van der Waals surface area contributed by atoms with Crippen LogP contribution in [-0.2, 0) is 0 Å². The summed E-state index contributed by atoms with van der Waals surface area (Å²) in [6.07, 6.45) is 0. The van der Waals surface area contributed by atoms with E-state index >= 15 is 0 Å². The van der Waals surface area contributed by atoms with Crippen molar-refractivity contribution in [3.63, 3.8) is 0 Å². The molecule has 3 rings (SSSR count). The van der Waals surface area contributed by atoms with Gasteiger partial charge in [0.15, 0.2) is 10.3 Å². The highest BCUT2D eigenvalue weighted by molar-refractivity contribution is 7.72. The Kier molecular flexibility index (Phi) is 6.20. The van der Waals surface area contributed by atoms with Crippen LogP contribution in [0.4, 0.5) is 0 Å². The van der Waals surface area contributed by atoms with Gasteiger partial charge in [-0.05, 0) is 24.6 Å². The van der Waals surface area contributed by atoms with Crippen molar-refractivity contribution in [1.82, 2.24) is 0 Å². The molecule has 0 atom stereocenters. The van der Waals surface area contributed by atoms with Gasteiger partial charge >= 0.3 is 10.3 Å². The molecule has 7 heteroatoms. The maximum Gasteiger partial charge on any atom is 0.301 e. The summed E-state index contributed by atoms with van der Waals surface area (Å²) in [5, 5.41) is 0. The van der Waals surface area contributed by atoms with Gasteiger partial charge in [-0.2, -0.15) is 0 Å². The van der Waals surface area contributed by atoms with Crippen LogP contribution in [0.3, 0.4) is 0 Å². The number of benzene rings is 2. The van der Waals surface area contributed by atoms with Crippen LogP contribution in [0.1, 0.15) is 5.56 Å². The van der Waals surface area contributed by atoms with Crippen molar-refractivity contribution in [3.8, 4) is 20.9 Å². The Hall–Kier alpha value is -1.38. The molecule has 0 spiro atoms. The normalized spacial score (nSPS) is 10.8. The Morgan fingerprint density at radius 1 is 0.783 bits per heavy atom. The quantitative estimate of drug-likeness (QED) is 0.498. The van der Waals surface area contributed by atoms with E-state index < -0.39 is 10.2 Å². The van der Waals surface area contributed by atoms with Gasteiger partial charge in [0, 0.05) is 11.1 Å². The van der Waals surface area contributed by atoms with Gasteiger partial charge < -0.3 is 0 Å². The van der Waals surface area contributed by atoms with E-state index in [4.69, 9.17) is 18.6 Å². The van der Waals surface area contributed by atoms with Crippen LogP contribution in [0, 0.1) is 17.2 Å². The first-order valence-electron chi connectivity index (χ1n) is 6.51. The maximum absolute atomic E-state index is 8.49. The molecule has 0 saturated carbocycles. The molecule has 0 fully saturated rings. The van der Waals surface area contributed by atoms with E-state index in [1.54, 1.807) is 0 Å². The van der Waals surface area contributed by atoms with E-state index in [-0.39, 0.29) is 0 Å². The smallest absolute Gasteiger partial charge is 0.222 e. The molecule has 0 aliphatic carbocycles. The lowest BCUT2D eigenvalue weighted by atomic mass is 10.1.